The van der Waals surface area contributed by atoms with Gasteiger partial charge in [-0.15, -0.1) is 0 Å². The number of aromatic nitrogens is 2. The third-order valence-electron chi connectivity index (χ3n) is 3.41. The zero-order valence-corrected chi connectivity index (χ0v) is 10.8. The third kappa shape index (κ3) is 2.48. The minimum absolute atomic E-state index is 0.281. The van der Waals surface area contributed by atoms with Gasteiger partial charge < -0.3 is 20.1 Å². The van der Waals surface area contributed by atoms with Gasteiger partial charge in [-0.05, 0) is 0 Å². The molecule has 0 aliphatic carbocycles. The van der Waals surface area contributed by atoms with Crippen molar-refractivity contribution in [1.82, 2.24) is 9.55 Å². The highest BCUT2D eigenvalue weighted by atomic mass is 16.6. The van der Waals surface area contributed by atoms with Gasteiger partial charge in [-0.1, -0.05) is 0 Å². The van der Waals surface area contributed by atoms with Crippen molar-refractivity contribution in [3.8, 4) is 0 Å². The topological polar surface area (TPSA) is 142 Å². The Hall–Kier alpha value is -2.03. The first-order valence-corrected chi connectivity index (χ1v) is 6.13. The summed E-state index contributed by atoms with van der Waals surface area (Å²) < 4.78 is 6.28. The minimum atomic E-state index is -1.81. The number of aromatic amines is 1. The van der Waals surface area contributed by atoms with Crippen LogP contribution in [-0.4, -0.2) is 55.7 Å². The molecule has 4 N–H and O–H groups in total. The number of ether oxygens (including phenoxy) is 1. The lowest BCUT2D eigenvalue weighted by Crippen LogP contribution is -2.51. The van der Waals surface area contributed by atoms with E-state index >= 15 is 0 Å². The van der Waals surface area contributed by atoms with Crippen molar-refractivity contribution >= 4 is 5.94 Å². The van der Waals surface area contributed by atoms with Gasteiger partial charge >= 0.3 is 5.69 Å². The molecular formula is C12H14N2O7. The summed E-state index contributed by atoms with van der Waals surface area (Å²) in [7, 11) is 0. The number of rotatable bonds is 4. The number of nitrogens with zero attached hydrogens (tertiary/aromatic N) is 1. The van der Waals surface area contributed by atoms with E-state index in [1.54, 1.807) is 0 Å². The fourth-order valence-corrected chi connectivity index (χ4v) is 2.39. The van der Waals surface area contributed by atoms with Crippen molar-refractivity contribution in [1.29, 1.82) is 0 Å². The van der Waals surface area contributed by atoms with Gasteiger partial charge in [0.2, 0.25) is 0 Å². The quantitative estimate of drug-likeness (QED) is 0.436. The first kappa shape index (κ1) is 15.4. The Balaban J connectivity index is 2.60. The maximum Gasteiger partial charge on any atom is 0.330 e. The molecule has 9 heteroatoms. The molecule has 4 atom stereocenters. The van der Waals surface area contributed by atoms with Crippen LogP contribution in [0.1, 0.15) is 6.42 Å². The molecule has 1 aliphatic rings. The van der Waals surface area contributed by atoms with Crippen molar-refractivity contribution in [2.24, 2.45) is 0 Å². The van der Waals surface area contributed by atoms with Crippen molar-refractivity contribution in [2.45, 2.75) is 30.5 Å². The molecule has 2 heterocycles. The summed E-state index contributed by atoms with van der Waals surface area (Å²) in [6.45, 7) is -0.594. The number of aliphatic hydroxyl groups excluding tert-OH is 3. The monoisotopic (exact) mass is 298 g/mol. The van der Waals surface area contributed by atoms with E-state index in [9.17, 15) is 24.6 Å². The SMILES string of the molecule is O=C=CC[C@@]1(n2ccc(=O)[nH]c2=O)O[C@H](CO)[C@@H](O)[C@H]1O. The molecule has 0 radical (unpaired) electrons. The lowest BCUT2D eigenvalue weighted by atomic mass is 9.99. The van der Waals surface area contributed by atoms with Crippen LogP contribution in [0.25, 0.3) is 0 Å². The summed E-state index contributed by atoms with van der Waals surface area (Å²) in [5.41, 5.74) is -3.35. The van der Waals surface area contributed by atoms with Crippen molar-refractivity contribution < 1.29 is 24.9 Å². The van der Waals surface area contributed by atoms with E-state index in [-0.39, 0.29) is 6.42 Å². The molecule has 1 aromatic rings. The van der Waals surface area contributed by atoms with Crippen LogP contribution < -0.4 is 11.2 Å². The molecule has 114 valence electrons. The predicted octanol–water partition coefficient (Wildman–Crippen LogP) is -2.92. The lowest BCUT2D eigenvalue weighted by Gasteiger charge is -2.32. The molecule has 0 amide bonds. The van der Waals surface area contributed by atoms with Gasteiger partial charge in [-0.3, -0.25) is 14.3 Å². The fourth-order valence-electron chi connectivity index (χ4n) is 2.39. The molecule has 0 unspecified atom stereocenters. The molecule has 0 saturated carbocycles. The summed E-state index contributed by atoms with van der Waals surface area (Å²) in [4.78, 5) is 35.4. The number of aliphatic hydroxyl groups is 3. The van der Waals surface area contributed by atoms with E-state index < -0.39 is 41.9 Å². The molecule has 1 aliphatic heterocycles. The van der Waals surface area contributed by atoms with Crippen LogP contribution >= 0.6 is 0 Å². The van der Waals surface area contributed by atoms with E-state index in [4.69, 9.17) is 9.84 Å². The van der Waals surface area contributed by atoms with Crippen LogP contribution in [0.2, 0.25) is 0 Å². The zero-order valence-electron chi connectivity index (χ0n) is 10.8. The van der Waals surface area contributed by atoms with Crippen LogP contribution in [0.5, 0.6) is 0 Å². The second-order valence-electron chi connectivity index (χ2n) is 4.63. The Kier molecular flexibility index (Phi) is 4.21. The van der Waals surface area contributed by atoms with Gasteiger partial charge in [0.1, 0.15) is 24.3 Å². The van der Waals surface area contributed by atoms with Crippen LogP contribution in [0.4, 0.5) is 0 Å². The largest absolute Gasteiger partial charge is 0.394 e. The Morgan fingerprint density at radius 2 is 2.19 bits per heavy atom. The molecule has 1 aromatic heterocycles. The summed E-state index contributed by atoms with van der Waals surface area (Å²) >= 11 is 0. The van der Waals surface area contributed by atoms with Gasteiger partial charge in [-0.2, -0.15) is 0 Å². The highest BCUT2D eigenvalue weighted by Gasteiger charge is 2.55. The van der Waals surface area contributed by atoms with Crippen LogP contribution in [0.15, 0.2) is 27.9 Å². The van der Waals surface area contributed by atoms with Crippen molar-refractivity contribution in [3.05, 3.63) is 39.2 Å². The van der Waals surface area contributed by atoms with E-state index in [0.717, 1.165) is 22.9 Å². The molecule has 9 nitrogen and oxygen atoms in total. The molecule has 0 spiro atoms. The molecule has 1 fully saturated rings. The lowest BCUT2D eigenvalue weighted by molar-refractivity contribution is -0.148. The zero-order chi connectivity index (χ0) is 15.6. The number of hydrogen-bond acceptors (Lipinski definition) is 7. The maximum absolute atomic E-state index is 11.9. The summed E-state index contributed by atoms with van der Waals surface area (Å²) in [6.07, 6.45) is -2.42. The molecule has 0 bridgehead atoms. The first-order chi connectivity index (χ1) is 9.96. The third-order valence-corrected chi connectivity index (χ3v) is 3.41. The van der Waals surface area contributed by atoms with Crippen molar-refractivity contribution in [3.63, 3.8) is 0 Å². The van der Waals surface area contributed by atoms with Crippen LogP contribution in [-0.2, 0) is 15.3 Å². The van der Waals surface area contributed by atoms with Gasteiger partial charge in [0, 0.05) is 24.8 Å². The molecule has 21 heavy (non-hydrogen) atoms. The van der Waals surface area contributed by atoms with Gasteiger partial charge in [0.15, 0.2) is 5.72 Å². The normalized spacial score (nSPS) is 31.9. The smallest absolute Gasteiger partial charge is 0.330 e. The van der Waals surface area contributed by atoms with Gasteiger partial charge in [0.05, 0.1) is 6.61 Å². The Bertz CT molecular complexity index is 675. The predicted molar refractivity (Wildman–Crippen MR) is 68.1 cm³/mol. The minimum Gasteiger partial charge on any atom is -0.394 e. The highest BCUT2D eigenvalue weighted by molar-refractivity contribution is 5.45. The second kappa shape index (κ2) is 5.76. The summed E-state index contributed by atoms with van der Waals surface area (Å²) in [5.74, 6) is 1.49. The number of H-pyrrole nitrogens is 1. The number of carbonyl (C=O) groups excluding carboxylic acids is 1. The van der Waals surface area contributed by atoms with Crippen LogP contribution in [0, 0.1) is 0 Å². The average molecular weight is 298 g/mol. The first-order valence-electron chi connectivity index (χ1n) is 6.13. The highest BCUT2D eigenvalue weighted by Crippen LogP contribution is 2.37. The Labute approximate surface area is 117 Å². The molecule has 0 aromatic carbocycles. The Morgan fingerprint density at radius 1 is 1.48 bits per heavy atom. The molecule has 2 rings (SSSR count). The van der Waals surface area contributed by atoms with E-state index in [1.165, 1.54) is 5.94 Å². The fraction of sp³-hybridized carbons (Fsp3) is 0.500. The summed E-state index contributed by atoms with van der Waals surface area (Å²) in [6, 6.07) is 1.03. The van der Waals surface area contributed by atoms with E-state index in [1.807, 2.05) is 4.98 Å². The van der Waals surface area contributed by atoms with Gasteiger partial charge in [0.25, 0.3) is 5.56 Å². The second-order valence-corrected chi connectivity index (χ2v) is 4.63. The Morgan fingerprint density at radius 3 is 2.71 bits per heavy atom. The standard InChI is InChI=1S/C12H14N2O7/c15-5-1-3-12(10(19)9(18)7(6-16)21-12)14-4-2-8(17)13-11(14)20/h1-2,4,7,9-10,16,18-19H,3,6H2,(H,13,17,20)/t7-,9-,10-,12-/m1/s1. The summed E-state index contributed by atoms with van der Waals surface area (Å²) in [5, 5.41) is 29.2. The number of nitrogens with one attached hydrogen (secondary N) is 1. The van der Waals surface area contributed by atoms with Crippen LogP contribution in [0.3, 0.4) is 0 Å². The van der Waals surface area contributed by atoms with E-state index in [0.29, 0.717) is 0 Å². The average Bonchev–Trinajstić information content (AvgIpc) is 2.70. The van der Waals surface area contributed by atoms with Gasteiger partial charge in [-0.25, -0.2) is 9.59 Å². The molecular weight excluding hydrogens is 284 g/mol. The van der Waals surface area contributed by atoms with E-state index in [2.05, 4.69) is 0 Å². The number of hydrogen-bond donors (Lipinski definition) is 4. The van der Waals surface area contributed by atoms with Crippen molar-refractivity contribution in [2.75, 3.05) is 6.61 Å². The molecule has 1 saturated heterocycles. The maximum atomic E-state index is 11.9.